The first kappa shape index (κ1) is 16.7. The van der Waals surface area contributed by atoms with Gasteiger partial charge in [-0.15, -0.1) is 0 Å². The van der Waals surface area contributed by atoms with Gasteiger partial charge in [-0.1, -0.05) is 11.6 Å². The third-order valence-corrected chi connectivity index (χ3v) is 4.71. The second-order valence-electron chi connectivity index (χ2n) is 5.89. The molecule has 1 amide bonds. The molecule has 0 radical (unpaired) electrons. The van der Waals surface area contributed by atoms with Crippen molar-refractivity contribution in [1.82, 2.24) is 19.7 Å². The Labute approximate surface area is 145 Å². The first-order valence-electron chi connectivity index (χ1n) is 7.70. The minimum Gasteiger partial charge on any atom is -0.382 e. The van der Waals surface area contributed by atoms with Crippen molar-refractivity contribution in [3.05, 3.63) is 39.8 Å². The largest absolute Gasteiger partial charge is 0.382 e. The molecule has 0 spiro atoms. The number of carbonyl (C=O) groups is 1. The zero-order valence-corrected chi connectivity index (χ0v) is 14.7. The van der Waals surface area contributed by atoms with Crippen molar-refractivity contribution in [2.24, 2.45) is 7.05 Å². The lowest BCUT2D eigenvalue weighted by Gasteiger charge is -2.36. The summed E-state index contributed by atoms with van der Waals surface area (Å²) in [7, 11) is 1.89. The number of rotatable bonds is 2. The normalized spacial score (nSPS) is 18.0. The van der Waals surface area contributed by atoms with E-state index in [1.807, 2.05) is 25.6 Å². The lowest BCUT2D eigenvalue weighted by atomic mass is 10.0. The molecule has 7 nitrogen and oxygen atoms in total. The number of hydrogen-bond acceptors (Lipinski definition) is 5. The summed E-state index contributed by atoms with van der Waals surface area (Å²) in [5, 5.41) is 4.73. The van der Waals surface area contributed by atoms with Gasteiger partial charge in [0, 0.05) is 31.0 Å². The molecule has 2 aromatic heterocycles. The number of morpholine rings is 1. The Hall–Kier alpha value is -2.12. The van der Waals surface area contributed by atoms with E-state index in [0.717, 1.165) is 17.0 Å². The van der Waals surface area contributed by atoms with E-state index in [9.17, 15) is 4.79 Å². The predicted octanol–water partition coefficient (Wildman–Crippen LogP) is 1.88. The number of ether oxygens (including phenoxy) is 1. The molecule has 8 heteroatoms. The number of halogens is 1. The van der Waals surface area contributed by atoms with Crippen LogP contribution in [0.3, 0.4) is 0 Å². The molecule has 0 aliphatic carbocycles. The molecule has 3 heterocycles. The summed E-state index contributed by atoms with van der Waals surface area (Å²) in [6, 6.07) is 1.37. The molecule has 0 aromatic carbocycles. The highest BCUT2D eigenvalue weighted by Crippen LogP contribution is 2.30. The topological polar surface area (TPSA) is 86.3 Å². The fourth-order valence-electron chi connectivity index (χ4n) is 3.09. The number of nitrogens with two attached hydrogens (primary N) is 1. The summed E-state index contributed by atoms with van der Waals surface area (Å²) >= 11 is 6.01. The zero-order chi connectivity index (χ0) is 17.4. The Morgan fingerprint density at radius 1 is 1.46 bits per heavy atom. The summed E-state index contributed by atoms with van der Waals surface area (Å²) in [6.45, 7) is 5.38. The summed E-state index contributed by atoms with van der Waals surface area (Å²) < 4.78 is 7.45. The van der Waals surface area contributed by atoms with Crippen LogP contribution in [0.15, 0.2) is 12.3 Å². The third-order valence-electron chi connectivity index (χ3n) is 4.40. The van der Waals surface area contributed by atoms with Crippen molar-refractivity contribution >= 4 is 23.3 Å². The van der Waals surface area contributed by atoms with Gasteiger partial charge in [0.05, 0.1) is 35.5 Å². The second-order valence-corrected chi connectivity index (χ2v) is 6.30. The number of aromatic nitrogens is 3. The number of nitrogens with zero attached hydrogens (tertiary/aromatic N) is 4. The fraction of sp³-hybridized carbons (Fsp3) is 0.438. The average Bonchev–Trinajstić information content (AvgIpc) is 2.82. The van der Waals surface area contributed by atoms with Gasteiger partial charge in [-0.05, 0) is 19.9 Å². The molecular formula is C16H20ClN5O2. The van der Waals surface area contributed by atoms with Gasteiger partial charge in [0.25, 0.3) is 5.91 Å². The van der Waals surface area contributed by atoms with Gasteiger partial charge in [-0.2, -0.15) is 5.10 Å². The summed E-state index contributed by atoms with van der Waals surface area (Å²) in [5.74, 6) is 0.0750. The number of anilines is 1. The molecule has 2 N–H and O–H groups in total. The maximum Gasteiger partial charge on any atom is 0.256 e. The van der Waals surface area contributed by atoms with Crippen LogP contribution in [0.25, 0.3) is 0 Å². The molecular weight excluding hydrogens is 330 g/mol. The third kappa shape index (κ3) is 2.85. The van der Waals surface area contributed by atoms with E-state index >= 15 is 0 Å². The lowest BCUT2D eigenvalue weighted by Crippen LogP contribution is -2.43. The molecule has 0 unspecified atom stereocenters. The minimum absolute atomic E-state index is 0.139. The number of nitrogen functional groups attached to an aromatic ring is 1. The van der Waals surface area contributed by atoms with Gasteiger partial charge in [-0.25, -0.2) is 4.98 Å². The number of aryl methyl sites for hydroxylation is 2. The Morgan fingerprint density at radius 3 is 2.83 bits per heavy atom. The van der Waals surface area contributed by atoms with Crippen LogP contribution in [-0.2, 0) is 11.8 Å². The van der Waals surface area contributed by atoms with Gasteiger partial charge < -0.3 is 15.4 Å². The van der Waals surface area contributed by atoms with E-state index in [1.165, 1.54) is 6.20 Å². The second kappa shape index (κ2) is 6.41. The molecule has 1 saturated heterocycles. The summed E-state index contributed by atoms with van der Waals surface area (Å²) in [5.41, 5.74) is 9.00. The van der Waals surface area contributed by atoms with E-state index < -0.39 is 0 Å². The van der Waals surface area contributed by atoms with Crippen molar-refractivity contribution in [2.45, 2.75) is 19.9 Å². The maximum atomic E-state index is 13.0. The average molecular weight is 350 g/mol. The first-order chi connectivity index (χ1) is 11.4. The summed E-state index contributed by atoms with van der Waals surface area (Å²) in [6.07, 6.45) is 1.46. The molecule has 1 fully saturated rings. The molecule has 24 heavy (non-hydrogen) atoms. The minimum atomic E-state index is -0.184. The molecule has 128 valence electrons. The van der Waals surface area contributed by atoms with Gasteiger partial charge >= 0.3 is 0 Å². The quantitative estimate of drug-likeness (QED) is 0.894. The molecule has 0 bridgehead atoms. The van der Waals surface area contributed by atoms with Crippen molar-refractivity contribution < 1.29 is 9.53 Å². The Bertz CT molecular complexity index is 789. The van der Waals surface area contributed by atoms with Crippen LogP contribution in [0, 0.1) is 13.8 Å². The van der Waals surface area contributed by atoms with Gasteiger partial charge in [0.2, 0.25) is 0 Å². The SMILES string of the molecule is Cc1nn(C)c(C)c1[C@@H]1COCCN1C(=O)c1cnc(N)c(Cl)c1. The number of hydrogen-bond donors (Lipinski definition) is 1. The van der Waals surface area contributed by atoms with Crippen molar-refractivity contribution in [2.75, 3.05) is 25.5 Å². The Kier molecular flexibility index (Phi) is 4.47. The Balaban J connectivity index is 1.97. The van der Waals surface area contributed by atoms with Gasteiger partial charge in [0.15, 0.2) is 0 Å². The highest BCUT2D eigenvalue weighted by Gasteiger charge is 2.33. The molecule has 0 saturated carbocycles. The van der Waals surface area contributed by atoms with E-state index in [0.29, 0.717) is 25.3 Å². The van der Waals surface area contributed by atoms with Crippen LogP contribution >= 0.6 is 11.6 Å². The predicted molar refractivity (Wildman–Crippen MR) is 90.9 cm³/mol. The monoisotopic (exact) mass is 349 g/mol. The highest BCUT2D eigenvalue weighted by atomic mass is 35.5. The van der Waals surface area contributed by atoms with E-state index in [2.05, 4.69) is 10.1 Å². The molecule has 1 aliphatic heterocycles. The number of amides is 1. The van der Waals surface area contributed by atoms with Gasteiger partial charge in [0.1, 0.15) is 5.82 Å². The van der Waals surface area contributed by atoms with Crippen LogP contribution in [0.1, 0.15) is 33.4 Å². The van der Waals surface area contributed by atoms with Crippen molar-refractivity contribution in [3.63, 3.8) is 0 Å². The van der Waals surface area contributed by atoms with E-state index in [-0.39, 0.29) is 22.8 Å². The van der Waals surface area contributed by atoms with E-state index in [1.54, 1.807) is 11.0 Å². The first-order valence-corrected chi connectivity index (χ1v) is 8.07. The molecule has 3 rings (SSSR count). The van der Waals surface area contributed by atoms with Crippen LogP contribution in [0.2, 0.25) is 5.02 Å². The lowest BCUT2D eigenvalue weighted by molar-refractivity contribution is -0.00306. The standard InChI is InChI=1S/C16H20ClN5O2/c1-9-14(10(2)21(3)20-9)13-8-24-5-4-22(13)16(23)11-6-12(17)15(18)19-7-11/h6-7,13H,4-5,8H2,1-3H3,(H2,18,19)/t13-/m0/s1. The van der Waals surface area contributed by atoms with Crippen LogP contribution < -0.4 is 5.73 Å². The smallest absolute Gasteiger partial charge is 0.256 e. The highest BCUT2D eigenvalue weighted by molar-refractivity contribution is 6.33. The van der Waals surface area contributed by atoms with Crippen LogP contribution in [0.5, 0.6) is 0 Å². The number of carbonyl (C=O) groups excluding carboxylic acids is 1. The van der Waals surface area contributed by atoms with Crippen molar-refractivity contribution in [1.29, 1.82) is 0 Å². The summed E-state index contributed by atoms with van der Waals surface area (Å²) in [4.78, 5) is 18.8. The molecule has 1 aliphatic rings. The Morgan fingerprint density at radius 2 is 2.21 bits per heavy atom. The van der Waals surface area contributed by atoms with Gasteiger partial charge in [-0.3, -0.25) is 9.48 Å². The molecule has 1 atom stereocenters. The fourth-order valence-corrected chi connectivity index (χ4v) is 3.26. The molecule has 2 aromatic rings. The zero-order valence-electron chi connectivity index (χ0n) is 13.9. The number of pyridine rings is 1. The maximum absolute atomic E-state index is 13.0. The van der Waals surface area contributed by atoms with Crippen molar-refractivity contribution in [3.8, 4) is 0 Å². The van der Waals surface area contributed by atoms with Crippen LogP contribution in [0.4, 0.5) is 5.82 Å². The van der Waals surface area contributed by atoms with Crippen LogP contribution in [-0.4, -0.2) is 45.3 Å². The van der Waals surface area contributed by atoms with E-state index in [4.69, 9.17) is 22.1 Å².